The lowest BCUT2D eigenvalue weighted by Crippen LogP contribution is -2.11. The standard InChI is InChI=1S/C8H13N3/c1-7-5-8(3-4-9-2)11-6-10-7/h5-6,9H,3-4H2,1-2H3. The molecule has 0 aliphatic carbocycles. The highest BCUT2D eigenvalue weighted by molar-refractivity contribution is 5.06. The van der Waals surface area contributed by atoms with Gasteiger partial charge in [-0.15, -0.1) is 0 Å². The van der Waals surface area contributed by atoms with Gasteiger partial charge in [0.25, 0.3) is 0 Å². The Kier molecular flexibility index (Phi) is 2.98. The number of nitrogens with one attached hydrogen (secondary N) is 1. The molecule has 1 rings (SSSR count). The highest BCUT2D eigenvalue weighted by Gasteiger charge is 1.93. The van der Waals surface area contributed by atoms with Crippen molar-refractivity contribution in [2.75, 3.05) is 13.6 Å². The van der Waals surface area contributed by atoms with E-state index in [2.05, 4.69) is 15.3 Å². The second-order valence-electron chi connectivity index (χ2n) is 2.50. The van der Waals surface area contributed by atoms with E-state index in [1.165, 1.54) is 0 Å². The van der Waals surface area contributed by atoms with E-state index in [0.717, 1.165) is 24.4 Å². The molecule has 0 amide bonds. The molecule has 0 spiro atoms. The maximum Gasteiger partial charge on any atom is 0.115 e. The third kappa shape index (κ3) is 2.63. The van der Waals surface area contributed by atoms with E-state index in [4.69, 9.17) is 0 Å². The lowest BCUT2D eigenvalue weighted by atomic mass is 10.2. The lowest BCUT2D eigenvalue weighted by Gasteiger charge is -1.99. The number of nitrogens with zero attached hydrogens (tertiary/aromatic N) is 2. The van der Waals surface area contributed by atoms with Crippen LogP contribution in [0.1, 0.15) is 11.4 Å². The van der Waals surface area contributed by atoms with Gasteiger partial charge in [0.05, 0.1) is 0 Å². The smallest absolute Gasteiger partial charge is 0.115 e. The van der Waals surface area contributed by atoms with Gasteiger partial charge < -0.3 is 5.32 Å². The number of aryl methyl sites for hydroxylation is 1. The Bertz CT molecular complexity index is 222. The molecule has 1 aromatic heterocycles. The first kappa shape index (κ1) is 8.14. The molecule has 0 aromatic carbocycles. The number of hydrogen-bond donors (Lipinski definition) is 1. The zero-order valence-electron chi connectivity index (χ0n) is 6.96. The predicted octanol–water partition coefficient (Wildman–Crippen LogP) is 0.547. The van der Waals surface area contributed by atoms with Gasteiger partial charge in [0.15, 0.2) is 0 Å². The molecular weight excluding hydrogens is 138 g/mol. The fourth-order valence-corrected chi connectivity index (χ4v) is 0.900. The van der Waals surface area contributed by atoms with E-state index in [1.807, 2.05) is 20.0 Å². The molecule has 11 heavy (non-hydrogen) atoms. The maximum atomic E-state index is 4.13. The quantitative estimate of drug-likeness (QED) is 0.685. The van der Waals surface area contributed by atoms with Crippen molar-refractivity contribution in [3.8, 4) is 0 Å². The van der Waals surface area contributed by atoms with E-state index in [1.54, 1.807) is 6.33 Å². The first-order valence-corrected chi connectivity index (χ1v) is 3.75. The molecule has 0 bridgehead atoms. The molecule has 1 N–H and O–H groups in total. The highest BCUT2D eigenvalue weighted by atomic mass is 14.8. The summed E-state index contributed by atoms with van der Waals surface area (Å²) in [7, 11) is 1.94. The average Bonchev–Trinajstić information content (AvgIpc) is 2.01. The predicted molar refractivity (Wildman–Crippen MR) is 44.4 cm³/mol. The molecule has 3 heteroatoms. The number of hydrogen-bond acceptors (Lipinski definition) is 3. The van der Waals surface area contributed by atoms with Gasteiger partial charge in [-0.25, -0.2) is 9.97 Å². The summed E-state index contributed by atoms with van der Waals surface area (Å²) in [5, 5.41) is 3.08. The summed E-state index contributed by atoms with van der Waals surface area (Å²) >= 11 is 0. The molecule has 0 saturated heterocycles. The Morgan fingerprint density at radius 2 is 2.27 bits per heavy atom. The van der Waals surface area contributed by atoms with Gasteiger partial charge >= 0.3 is 0 Å². The van der Waals surface area contributed by atoms with Crippen LogP contribution in [0.4, 0.5) is 0 Å². The summed E-state index contributed by atoms with van der Waals surface area (Å²) < 4.78 is 0. The summed E-state index contributed by atoms with van der Waals surface area (Å²) in [6.45, 7) is 2.95. The van der Waals surface area contributed by atoms with Gasteiger partial charge in [-0.2, -0.15) is 0 Å². The largest absolute Gasteiger partial charge is 0.319 e. The minimum atomic E-state index is 0.969. The Morgan fingerprint density at radius 3 is 2.91 bits per heavy atom. The zero-order chi connectivity index (χ0) is 8.10. The van der Waals surface area contributed by atoms with Crippen LogP contribution in [-0.2, 0) is 6.42 Å². The van der Waals surface area contributed by atoms with Crippen LogP contribution in [0.25, 0.3) is 0 Å². The van der Waals surface area contributed by atoms with Crippen molar-refractivity contribution in [3.63, 3.8) is 0 Å². The number of aromatic nitrogens is 2. The minimum Gasteiger partial charge on any atom is -0.319 e. The molecule has 0 saturated carbocycles. The molecule has 0 unspecified atom stereocenters. The molecule has 1 heterocycles. The van der Waals surface area contributed by atoms with Crippen LogP contribution in [0.3, 0.4) is 0 Å². The average molecular weight is 151 g/mol. The van der Waals surface area contributed by atoms with Crippen molar-refractivity contribution < 1.29 is 0 Å². The monoisotopic (exact) mass is 151 g/mol. The normalized spacial score (nSPS) is 10.0. The van der Waals surface area contributed by atoms with Crippen molar-refractivity contribution in [3.05, 3.63) is 23.8 Å². The maximum absolute atomic E-state index is 4.13. The molecule has 0 atom stereocenters. The van der Waals surface area contributed by atoms with Crippen LogP contribution in [0.2, 0.25) is 0 Å². The van der Waals surface area contributed by atoms with E-state index >= 15 is 0 Å². The first-order valence-electron chi connectivity index (χ1n) is 3.75. The van der Waals surface area contributed by atoms with Crippen LogP contribution in [0.15, 0.2) is 12.4 Å². The van der Waals surface area contributed by atoms with Crippen LogP contribution in [-0.4, -0.2) is 23.6 Å². The molecular formula is C8H13N3. The summed E-state index contributed by atoms with van der Waals surface area (Å²) in [5.41, 5.74) is 2.14. The Labute approximate surface area is 66.9 Å². The van der Waals surface area contributed by atoms with Gasteiger partial charge in [-0.3, -0.25) is 0 Å². The third-order valence-corrected chi connectivity index (χ3v) is 1.49. The summed E-state index contributed by atoms with van der Waals surface area (Å²) in [6.07, 6.45) is 2.58. The molecule has 1 aromatic rings. The second-order valence-corrected chi connectivity index (χ2v) is 2.50. The Hall–Kier alpha value is -0.960. The SMILES string of the molecule is CNCCc1cc(C)ncn1. The molecule has 0 aliphatic heterocycles. The summed E-state index contributed by atoms with van der Waals surface area (Å²) in [5.74, 6) is 0. The number of rotatable bonds is 3. The van der Waals surface area contributed by atoms with E-state index in [9.17, 15) is 0 Å². The van der Waals surface area contributed by atoms with Crippen LogP contribution in [0.5, 0.6) is 0 Å². The van der Waals surface area contributed by atoms with Gasteiger partial charge in [0.2, 0.25) is 0 Å². The van der Waals surface area contributed by atoms with Crippen LogP contribution < -0.4 is 5.32 Å². The summed E-state index contributed by atoms with van der Waals surface area (Å²) in [6, 6.07) is 2.01. The van der Waals surface area contributed by atoms with Gasteiger partial charge in [-0.05, 0) is 20.0 Å². The van der Waals surface area contributed by atoms with Crippen molar-refractivity contribution in [2.45, 2.75) is 13.3 Å². The third-order valence-electron chi connectivity index (χ3n) is 1.49. The summed E-state index contributed by atoms with van der Waals surface area (Å²) in [4.78, 5) is 8.14. The van der Waals surface area contributed by atoms with Crippen molar-refractivity contribution in [1.29, 1.82) is 0 Å². The zero-order valence-corrected chi connectivity index (χ0v) is 6.96. The minimum absolute atomic E-state index is 0.969. The fraction of sp³-hybridized carbons (Fsp3) is 0.500. The molecule has 60 valence electrons. The second kappa shape index (κ2) is 4.03. The highest BCUT2D eigenvalue weighted by Crippen LogP contribution is 1.95. The van der Waals surface area contributed by atoms with Crippen molar-refractivity contribution in [2.24, 2.45) is 0 Å². The van der Waals surface area contributed by atoms with E-state index in [-0.39, 0.29) is 0 Å². The molecule has 0 fully saturated rings. The van der Waals surface area contributed by atoms with Gasteiger partial charge in [0.1, 0.15) is 6.33 Å². The Balaban J connectivity index is 2.56. The topological polar surface area (TPSA) is 37.8 Å². The number of likely N-dealkylation sites (N-methyl/N-ethyl adjacent to an activating group) is 1. The van der Waals surface area contributed by atoms with E-state index < -0.39 is 0 Å². The van der Waals surface area contributed by atoms with Crippen LogP contribution in [0, 0.1) is 6.92 Å². The molecule has 0 radical (unpaired) electrons. The Morgan fingerprint density at radius 1 is 1.45 bits per heavy atom. The van der Waals surface area contributed by atoms with Gasteiger partial charge in [0, 0.05) is 24.4 Å². The van der Waals surface area contributed by atoms with Crippen molar-refractivity contribution in [1.82, 2.24) is 15.3 Å². The lowest BCUT2D eigenvalue weighted by molar-refractivity contribution is 0.771. The molecule has 3 nitrogen and oxygen atoms in total. The van der Waals surface area contributed by atoms with Crippen LogP contribution >= 0.6 is 0 Å². The first-order chi connectivity index (χ1) is 5.33. The van der Waals surface area contributed by atoms with E-state index in [0.29, 0.717) is 0 Å². The van der Waals surface area contributed by atoms with Crippen molar-refractivity contribution >= 4 is 0 Å². The fourth-order valence-electron chi connectivity index (χ4n) is 0.900. The molecule has 0 aliphatic rings. The van der Waals surface area contributed by atoms with Gasteiger partial charge in [-0.1, -0.05) is 0 Å².